The van der Waals surface area contributed by atoms with E-state index < -0.39 is 5.60 Å². The third-order valence-corrected chi connectivity index (χ3v) is 7.61. The van der Waals surface area contributed by atoms with E-state index in [0.29, 0.717) is 24.3 Å². The lowest BCUT2D eigenvalue weighted by Crippen LogP contribution is -2.49. The first-order valence-electron chi connectivity index (χ1n) is 11.3. The van der Waals surface area contributed by atoms with Gasteiger partial charge in [-0.05, 0) is 53.9 Å². The molecule has 2 aliphatic carbocycles. The molecule has 30 heavy (non-hydrogen) atoms. The van der Waals surface area contributed by atoms with Gasteiger partial charge in [-0.15, -0.1) is 0 Å². The van der Waals surface area contributed by atoms with Crippen LogP contribution in [0.5, 0.6) is 0 Å². The highest BCUT2D eigenvalue weighted by molar-refractivity contribution is 5.86. The number of rotatable bonds is 7. The van der Waals surface area contributed by atoms with Gasteiger partial charge in [0.25, 0.3) is 5.91 Å². The predicted molar refractivity (Wildman–Crippen MR) is 115 cm³/mol. The molecule has 1 aromatic heterocycles. The van der Waals surface area contributed by atoms with Crippen molar-refractivity contribution in [2.45, 2.75) is 37.8 Å². The van der Waals surface area contributed by atoms with Crippen LogP contribution in [0.2, 0.25) is 0 Å². The van der Waals surface area contributed by atoms with E-state index in [2.05, 4.69) is 27.3 Å². The van der Waals surface area contributed by atoms with Gasteiger partial charge < -0.3 is 10.4 Å². The fourth-order valence-corrected chi connectivity index (χ4v) is 5.85. The predicted octanol–water partition coefficient (Wildman–Crippen LogP) is 2.95. The monoisotopic (exact) mass is 405 g/mol. The molecular formula is C25H31N3O2. The Labute approximate surface area is 178 Å². The summed E-state index contributed by atoms with van der Waals surface area (Å²) in [4.78, 5) is 19.8. The van der Waals surface area contributed by atoms with Crippen molar-refractivity contribution < 1.29 is 9.90 Å². The maximum atomic E-state index is 13.2. The van der Waals surface area contributed by atoms with Crippen LogP contribution < -0.4 is 5.32 Å². The molecule has 2 aromatic rings. The number of likely N-dealkylation sites (tertiary alicyclic amines) is 1. The van der Waals surface area contributed by atoms with E-state index in [-0.39, 0.29) is 11.8 Å². The number of aliphatic hydroxyl groups is 1. The Bertz CT molecular complexity index is 856. The summed E-state index contributed by atoms with van der Waals surface area (Å²) in [6.07, 6.45) is 7.71. The van der Waals surface area contributed by atoms with Crippen LogP contribution in [0.25, 0.3) is 0 Å². The molecule has 3 unspecified atom stereocenters. The summed E-state index contributed by atoms with van der Waals surface area (Å²) in [5.74, 6) is 1.69. The number of carbonyl (C=O) groups is 1. The summed E-state index contributed by atoms with van der Waals surface area (Å²) >= 11 is 0. The van der Waals surface area contributed by atoms with Crippen LogP contribution in [0, 0.1) is 23.7 Å². The van der Waals surface area contributed by atoms with Crippen molar-refractivity contribution in [3.63, 3.8) is 0 Å². The lowest BCUT2D eigenvalue weighted by atomic mass is 9.79. The Morgan fingerprint density at radius 2 is 1.73 bits per heavy atom. The second kappa shape index (κ2) is 8.12. The van der Waals surface area contributed by atoms with Crippen LogP contribution in [0.1, 0.15) is 36.8 Å². The van der Waals surface area contributed by atoms with Crippen LogP contribution >= 0.6 is 0 Å². The summed E-state index contributed by atoms with van der Waals surface area (Å²) in [7, 11) is 0. The van der Waals surface area contributed by atoms with E-state index in [0.717, 1.165) is 50.9 Å². The average Bonchev–Trinajstić information content (AvgIpc) is 3.17. The molecule has 5 nitrogen and oxygen atoms in total. The van der Waals surface area contributed by atoms with Crippen molar-refractivity contribution >= 4 is 5.91 Å². The number of fused-ring (bicyclic) bond motifs is 1. The number of hydrogen-bond acceptors (Lipinski definition) is 4. The van der Waals surface area contributed by atoms with Gasteiger partial charge in [-0.3, -0.25) is 14.7 Å². The standard InChI is InChI=1S/C25H31N3O2/c29-24(25(30,20-8-4-5-9-20)19-6-2-1-3-7-19)27-14-21-22-16-28(17-23(21)22)15-18-10-12-26-13-11-18/h1-3,6-7,10-13,20-23,30H,4-5,8-9,14-17H2,(H,27,29). The summed E-state index contributed by atoms with van der Waals surface area (Å²) in [5.41, 5.74) is 0.629. The number of hydrogen-bond donors (Lipinski definition) is 2. The Morgan fingerprint density at radius 1 is 1.07 bits per heavy atom. The number of benzene rings is 1. The number of carbonyl (C=O) groups excluding carboxylic acids is 1. The molecule has 3 aliphatic rings. The molecule has 1 aliphatic heterocycles. The zero-order valence-electron chi connectivity index (χ0n) is 17.4. The van der Waals surface area contributed by atoms with Gasteiger partial charge in [0, 0.05) is 44.5 Å². The molecule has 2 N–H and O–H groups in total. The smallest absolute Gasteiger partial charge is 0.256 e. The molecule has 5 heteroatoms. The Balaban J connectivity index is 1.17. The number of nitrogens with one attached hydrogen (secondary N) is 1. The highest BCUT2D eigenvalue weighted by Crippen LogP contribution is 2.51. The SMILES string of the molecule is O=C(NCC1C2CN(Cc3ccncc3)CC12)C(O)(c1ccccc1)C1CCCC1. The fourth-order valence-electron chi connectivity index (χ4n) is 5.85. The van der Waals surface area contributed by atoms with Gasteiger partial charge in [0.15, 0.2) is 5.60 Å². The summed E-state index contributed by atoms with van der Waals surface area (Å²) in [6.45, 7) is 3.85. The molecule has 1 aromatic carbocycles. The molecular weight excluding hydrogens is 374 g/mol. The third kappa shape index (κ3) is 3.65. The number of amides is 1. The molecule has 0 bridgehead atoms. The Kier molecular flexibility index (Phi) is 5.34. The maximum absolute atomic E-state index is 13.2. The first-order valence-corrected chi connectivity index (χ1v) is 11.3. The summed E-state index contributed by atoms with van der Waals surface area (Å²) < 4.78 is 0. The van der Waals surface area contributed by atoms with Crippen molar-refractivity contribution in [1.29, 1.82) is 0 Å². The summed E-state index contributed by atoms with van der Waals surface area (Å²) in [6, 6.07) is 13.7. The largest absolute Gasteiger partial charge is 0.375 e. The van der Waals surface area contributed by atoms with Gasteiger partial charge in [0.2, 0.25) is 0 Å². The second-order valence-corrected chi connectivity index (χ2v) is 9.36. The Hall–Kier alpha value is -2.24. The molecule has 0 radical (unpaired) electrons. The lowest BCUT2D eigenvalue weighted by Gasteiger charge is -2.33. The third-order valence-electron chi connectivity index (χ3n) is 7.61. The van der Waals surface area contributed by atoms with Crippen LogP contribution in [0.4, 0.5) is 0 Å². The van der Waals surface area contributed by atoms with Crippen molar-refractivity contribution in [2.75, 3.05) is 19.6 Å². The normalized spacial score (nSPS) is 28.1. The molecule has 2 saturated carbocycles. The number of nitrogens with zero attached hydrogens (tertiary/aromatic N) is 2. The van der Waals surface area contributed by atoms with Gasteiger partial charge >= 0.3 is 0 Å². The highest BCUT2D eigenvalue weighted by atomic mass is 16.3. The van der Waals surface area contributed by atoms with Crippen LogP contribution in [0.15, 0.2) is 54.9 Å². The van der Waals surface area contributed by atoms with Gasteiger partial charge in [-0.2, -0.15) is 0 Å². The molecule has 2 heterocycles. The topological polar surface area (TPSA) is 65.5 Å². The van der Waals surface area contributed by atoms with Gasteiger partial charge in [0.05, 0.1) is 0 Å². The van der Waals surface area contributed by atoms with Crippen molar-refractivity contribution in [3.05, 3.63) is 66.0 Å². The lowest BCUT2D eigenvalue weighted by molar-refractivity contribution is -0.147. The number of piperidine rings is 1. The quantitative estimate of drug-likeness (QED) is 0.743. The maximum Gasteiger partial charge on any atom is 0.256 e. The van der Waals surface area contributed by atoms with E-state index in [9.17, 15) is 9.90 Å². The fraction of sp³-hybridized carbons (Fsp3) is 0.520. The molecule has 158 valence electrons. The minimum atomic E-state index is -1.41. The van der Waals surface area contributed by atoms with Crippen LogP contribution in [0.3, 0.4) is 0 Å². The molecule has 5 rings (SSSR count). The van der Waals surface area contributed by atoms with E-state index in [1.54, 1.807) is 0 Å². The van der Waals surface area contributed by atoms with Crippen LogP contribution in [-0.4, -0.2) is 40.5 Å². The van der Waals surface area contributed by atoms with E-state index in [1.165, 1.54) is 5.56 Å². The molecule has 1 amide bonds. The summed E-state index contributed by atoms with van der Waals surface area (Å²) in [5, 5.41) is 14.7. The molecule has 0 spiro atoms. The van der Waals surface area contributed by atoms with Gasteiger partial charge in [-0.25, -0.2) is 0 Å². The first kappa shape index (κ1) is 19.7. The van der Waals surface area contributed by atoms with Crippen molar-refractivity contribution in [1.82, 2.24) is 15.2 Å². The zero-order valence-corrected chi connectivity index (χ0v) is 17.4. The average molecular weight is 406 g/mol. The van der Waals surface area contributed by atoms with Crippen molar-refractivity contribution in [2.24, 2.45) is 23.7 Å². The van der Waals surface area contributed by atoms with E-state index in [1.807, 2.05) is 42.7 Å². The van der Waals surface area contributed by atoms with Crippen LogP contribution in [-0.2, 0) is 16.9 Å². The van der Waals surface area contributed by atoms with E-state index in [4.69, 9.17) is 0 Å². The molecule has 1 saturated heterocycles. The zero-order chi connectivity index (χ0) is 20.6. The Morgan fingerprint density at radius 3 is 2.40 bits per heavy atom. The molecule has 3 fully saturated rings. The first-order chi connectivity index (χ1) is 14.7. The highest BCUT2D eigenvalue weighted by Gasteiger charge is 2.55. The van der Waals surface area contributed by atoms with Gasteiger partial charge in [-0.1, -0.05) is 43.2 Å². The number of pyridine rings is 1. The minimum absolute atomic E-state index is 0.00876. The minimum Gasteiger partial charge on any atom is -0.375 e. The number of aromatic nitrogens is 1. The van der Waals surface area contributed by atoms with Crippen molar-refractivity contribution in [3.8, 4) is 0 Å². The molecule has 3 atom stereocenters. The second-order valence-electron chi connectivity index (χ2n) is 9.36. The van der Waals surface area contributed by atoms with Gasteiger partial charge in [0.1, 0.15) is 0 Å². The van der Waals surface area contributed by atoms with E-state index >= 15 is 0 Å².